The fourth-order valence-electron chi connectivity index (χ4n) is 2.55. The lowest BCUT2D eigenvalue weighted by Crippen LogP contribution is -2.29. The van der Waals surface area contributed by atoms with E-state index in [1.807, 2.05) is 0 Å². The van der Waals surface area contributed by atoms with Crippen LogP contribution >= 0.6 is 11.6 Å². The SMILES string of the molecule is CC(=O)c1ccc(-c2ccc(C(=O)O[C@@H](C)C(=O)Nc3cccc(Cl)c3)o2)cc1. The van der Waals surface area contributed by atoms with E-state index in [0.29, 0.717) is 27.6 Å². The molecule has 3 rings (SSSR count). The van der Waals surface area contributed by atoms with Crippen molar-refractivity contribution >= 4 is 34.9 Å². The van der Waals surface area contributed by atoms with Crippen LogP contribution in [0.2, 0.25) is 5.02 Å². The van der Waals surface area contributed by atoms with E-state index in [1.165, 1.54) is 19.9 Å². The Hall–Kier alpha value is -3.38. The summed E-state index contributed by atoms with van der Waals surface area (Å²) in [4.78, 5) is 35.9. The molecule has 29 heavy (non-hydrogen) atoms. The number of benzene rings is 2. The van der Waals surface area contributed by atoms with Crippen molar-refractivity contribution in [2.24, 2.45) is 0 Å². The number of hydrogen-bond acceptors (Lipinski definition) is 5. The van der Waals surface area contributed by atoms with Crippen molar-refractivity contribution in [1.29, 1.82) is 0 Å². The second kappa shape index (κ2) is 8.75. The predicted molar refractivity (Wildman–Crippen MR) is 109 cm³/mol. The molecule has 0 unspecified atom stereocenters. The molecule has 1 heterocycles. The van der Waals surface area contributed by atoms with E-state index >= 15 is 0 Å². The van der Waals surface area contributed by atoms with Gasteiger partial charge in [0.2, 0.25) is 5.76 Å². The zero-order valence-corrected chi connectivity index (χ0v) is 16.5. The van der Waals surface area contributed by atoms with E-state index in [0.717, 1.165) is 0 Å². The maximum atomic E-state index is 12.3. The summed E-state index contributed by atoms with van der Waals surface area (Å²) in [6.07, 6.45) is -1.04. The average Bonchev–Trinajstić information content (AvgIpc) is 3.18. The zero-order chi connectivity index (χ0) is 21.0. The van der Waals surface area contributed by atoms with Gasteiger partial charge in [0.15, 0.2) is 11.9 Å². The molecule has 1 N–H and O–H groups in total. The molecule has 0 aliphatic carbocycles. The van der Waals surface area contributed by atoms with Crippen LogP contribution in [0.15, 0.2) is 65.1 Å². The van der Waals surface area contributed by atoms with Crippen LogP contribution in [-0.2, 0) is 9.53 Å². The lowest BCUT2D eigenvalue weighted by atomic mass is 10.1. The van der Waals surface area contributed by atoms with Gasteiger partial charge in [-0.15, -0.1) is 0 Å². The van der Waals surface area contributed by atoms with Crippen LogP contribution in [-0.4, -0.2) is 23.8 Å². The van der Waals surface area contributed by atoms with Crippen molar-refractivity contribution in [3.05, 3.63) is 77.0 Å². The van der Waals surface area contributed by atoms with Gasteiger partial charge in [-0.25, -0.2) is 4.79 Å². The highest BCUT2D eigenvalue weighted by Crippen LogP contribution is 2.23. The number of esters is 1. The summed E-state index contributed by atoms with van der Waals surface area (Å²) in [5, 5.41) is 3.10. The van der Waals surface area contributed by atoms with E-state index in [4.69, 9.17) is 20.8 Å². The van der Waals surface area contributed by atoms with Crippen molar-refractivity contribution in [3.8, 4) is 11.3 Å². The van der Waals surface area contributed by atoms with Crippen LogP contribution < -0.4 is 5.32 Å². The number of ether oxygens (including phenoxy) is 1. The molecule has 3 aromatic rings. The Bertz CT molecular complexity index is 1060. The van der Waals surface area contributed by atoms with Crippen molar-refractivity contribution in [2.45, 2.75) is 20.0 Å². The van der Waals surface area contributed by atoms with Gasteiger partial charge in [-0.1, -0.05) is 41.9 Å². The first-order valence-electron chi connectivity index (χ1n) is 8.82. The second-order valence-electron chi connectivity index (χ2n) is 6.34. The first kappa shape index (κ1) is 20.4. The summed E-state index contributed by atoms with van der Waals surface area (Å²) in [7, 11) is 0. The van der Waals surface area contributed by atoms with E-state index in [2.05, 4.69) is 5.32 Å². The summed E-state index contributed by atoms with van der Waals surface area (Å²) in [5.74, 6) is -0.871. The molecule has 1 aromatic heterocycles. The van der Waals surface area contributed by atoms with Crippen LogP contribution in [0, 0.1) is 0 Å². The van der Waals surface area contributed by atoms with Crippen molar-refractivity contribution in [3.63, 3.8) is 0 Å². The van der Waals surface area contributed by atoms with Gasteiger partial charge in [-0.3, -0.25) is 9.59 Å². The Labute approximate surface area is 172 Å². The molecule has 0 radical (unpaired) electrons. The molecule has 0 fully saturated rings. The van der Waals surface area contributed by atoms with E-state index in [9.17, 15) is 14.4 Å². The van der Waals surface area contributed by atoms with Gasteiger partial charge in [-0.2, -0.15) is 0 Å². The lowest BCUT2D eigenvalue weighted by molar-refractivity contribution is -0.123. The number of ketones is 1. The number of Topliss-reactive ketones (excluding diaryl/α,β-unsaturated/α-hetero) is 1. The quantitative estimate of drug-likeness (QED) is 0.456. The second-order valence-corrected chi connectivity index (χ2v) is 6.78. The Balaban J connectivity index is 1.63. The highest BCUT2D eigenvalue weighted by molar-refractivity contribution is 6.30. The molecule has 0 spiro atoms. The van der Waals surface area contributed by atoms with Crippen LogP contribution in [0.25, 0.3) is 11.3 Å². The topological polar surface area (TPSA) is 85.6 Å². The van der Waals surface area contributed by atoms with Gasteiger partial charge >= 0.3 is 5.97 Å². The van der Waals surface area contributed by atoms with Gasteiger partial charge in [-0.05, 0) is 44.2 Å². The minimum absolute atomic E-state index is 0.0296. The summed E-state index contributed by atoms with van der Waals surface area (Å²) < 4.78 is 10.7. The molecule has 148 valence electrons. The molecule has 1 atom stereocenters. The minimum atomic E-state index is -1.04. The molecule has 1 amide bonds. The number of furan rings is 1. The monoisotopic (exact) mass is 411 g/mol. The first-order valence-corrected chi connectivity index (χ1v) is 9.20. The molecule has 0 bridgehead atoms. The maximum Gasteiger partial charge on any atom is 0.375 e. The van der Waals surface area contributed by atoms with Crippen LogP contribution in [0.5, 0.6) is 0 Å². The van der Waals surface area contributed by atoms with Crippen LogP contribution in [0.4, 0.5) is 5.69 Å². The summed E-state index contributed by atoms with van der Waals surface area (Å²) >= 11 is 5.88. The smallest absolute Gasteiger partial charge is 0.375 e. The van der Waals surface area contributed by atoms with Gasteiger partial charge < -0.3 is 14.5 Å². The predicted octanol–water partition coefficient (Wildman–Crippen LogP) is 4.99. The molecule has 0 aliphatic heterocycles. The third kappa shape index (κ3) is 5.12. The average molecular weight is 412 g/mol. The highest BCUT2D eigenvalue weighted by Gasteiger charge is 2.21. The number of hydrogen-bond donors (Lipinski definition) is 1. The molecule has 7 heteroatoms. The largest absolute Gasteiger partial charge is 0.449 e. The van der Waals surface area contributed by atoms with E-state index in [1.54, 1.807) is 54.6 Å². The highest BCUT2D eigenvalue weighted by atomic mass is 35.5. The van der Waals surface area contributed by atoms with E-state index in [-0.39, 0.29) is 11.5 Å². The van der Waals surface area contributed by atoms with Crippen molar-refractivity contribution in [1.82, 2.24) is 0 Å². The van der Waals surface area contributed by atoms with E-state index < -0.39 is 18.0 Å². The molecule has 2 aromatic carbocycles. The molecular weight excluding hydrogens is 394 g/mol. The number of anilines is 1. The minimum Gasteiger partial charge on any atom is -0.449 e. The number of nitrogens with one attached hydrogen (secondary N) is 1. The van der Waals surface area contributed by atoms with Gasteiger partial charge in [0.25, 0.3) is 5.91 Å². The van der Waals surface area contributed by atoms with Crippen LogP contribution in [0.3, 0.4) is 0 Å². The number of carbonyl (C=O) groups is 3. The van der Waals surface area contributed by atoms with Gasteiger partial charge in [0.1, 0.15) is 5.76 Å². The number of carbonyl (C=O) groups excluding carboxylic acids is 3. The van der Waals surface area contributed by atoms with Gasteiger partial charge in [0, 0.05) is 21.8 Å². The van der Waals surface area contributed by atoms with Gasteiger partial charge in [0.05, 0.1) is 0 Å². The Kier molecular flexibility index (Phi) is 6.14. The third-order valence-electron chi connectivity index (χ3n) is 4.13. The normalized spacial score (nSPS) is 11.6. The molecule has 0 saturated heterocycles. The molecular formula is C22H18ClNO5. The first-order chi connectivity index (χ1) is 13.8. The van der Waals surface area contributed by atoms with Crippen molar-refractivity contribution < 1.29 is 23.5 Å². The molecule has 0 aliphatic rings. The standard InChI is InChI=1S/C22H18ClNO5/c1-13(25)15-6-8-16(9-7-15)19-10-11-20(29-19)22(27)28-14(2)21(26)24-18-5-3-4-17(23)12-18/h3-12,14H,1-2H3,(H,24,26)/t14-/m0/s1. The lowest BCUT2D eigenvalue weighted by Gasteiger charge is -2.12. The van der Waals surface area contributed by atoms with Crippen molar-refractivity contribution in [2.75, 3.05) is 5.32 Å². The third-order valence-corrected chi connectivity index (χ3v) is 4.36. The fraction of sp³-hybridized carbons (Fsp3) is 0.136. The summed E-state index contributed by atoms with van der Waals surface area (Å²) in [6.45, 7) is 2.95. The zero-order valence-electron chi connectivity index (χ0n) is 15.8. The number of amides is 1. The maximum absolute atomic E-state index is 12.3. The number of halogens is 1. The Morgan fingerprint density at radius 3 is 2.41 bits per heavy atom. The Morgan fingerprint density at radius 1 is 1.03 bits per heavy atom. The Morgan fingerprint density at radius 2 is 1.76 bits per heavy atom. The fourth-order valence-corrected chi connectivity index (χ4v) is 2.74. The summed E-state index contributed by atoms with van der Waals surface area (Å²) in [5.41, 5.74) is 1.79. The van der Waals surface area contributed by atoms with Crippen LogP contribution in [0.1, 0.15) is 34.8 Å². The number of rotatable bonds is 6. The molecule has 6 nitrogen and oxygen atoms in total. The summed E-state index contributed by atoms with van der Waals surface area (Å²) in [6, 6.07) is 16.6. The molecule has 0 saturated carbocycles.